The zero-order valence-electron chi connectivity index (χ0n) is 14.8. The Morgan fingerprint density at radius 3 is 2.52 bits per heavy atom. The van der Waals surface area contributed by atoms with E-state index in [4.69, 9.17) is 0 Å². The second kappa shape index (κ2) is 8.32. The van der Waals surface area contributed by atoms with Crippen molar-refractivity contribution in [3.05, 3.63) is 53.3 Å². The summed E-state index contributed by atoms with van der Waals surface area (Å²) in [5.41, 5.74) is 2.59. The molecule has 0 aliphatic heterocycles. The molecule has 7 nitrogen and oxygen atoms in total. The number of nitrogens with one attached hydrogen (secondary N) is 1. The summed E-state index contributed by atoms with van der Waals surface area (Å²) in [5.74, 6) is -1.09. The number of aryl methyl sites for hydroxylation is 3. The quantitative estimate of drug-likeness (QED) is 0.807. The van der Waals surface area contributed by atoms with Crippen molar-refractivity contribution in [2.75, 3.05) is 13.6 Å². The number of carbonyl (C=O) groups excluding carboxylic acids is 1. The molecule has 1 heterocycles. The maximum Gasteiger partial charge on any atom is 0.330 e. The third-order valence-electron chi connectivity index (χ3n) is 3.96. The average molecular weight is 344 g/mol. The van der Waals surface area contributed by atoms with Crippen LogP contribution in [0.4, 0.5) is 4.79 Å². The van der Waals surface area contributed by atoms with Crippen LogP contribution < -0.4 is 5.32 Å². The summed E-state index contributed by atoms with van der Waals surface area (Å²) in [6.07, 6.45) is 0.731. The smallest absolute Gasteiger partial charge is 0.330 e. The second-order valence-electron chi connectivity index (χ2n) is 6.06. The molecule has 0 aliphatic carbocycles. The van der Waals surface area contributed by atoms with Gasteiger partial charge in [0.2, 0.25) is 0 Å². The Bertz CT molecular complexity index is 727. The third-order valence-corrected chi connectivity index (χ3v) is 3.96. The van der Waals surface area contributed by atoms with Crippen molar-refractivity contribution in [1.82, 2.24) is 20.0 Å². The van der Waals surface area contributed by atoms with Crippen LogP contribution in [0.3, 0.4) is 0 Å². The number of amides is 2. The van der Waals surface area contributed by atoms with Crippen molar-refractivity contribution < 1.29 is 14.7 Å². The molecule has 0 saturated carbocycles. The zero-order valence-corrected chi connectivity index (χ0v) is 14.8. The van der Waals surface area contributed by atoms with Crippen LogP contribution in [0.25, 0.3) is 0 Å². The van der Waals surface area contributed by atoms with Gasteiger partial charge in [-0.25, -0.2) is 9.59 Å². The van der Waals surface area contributed by atoms with Crippen LogP contribution in [0.15, 0.2) is 36.4 Å². The van der Waals surface area contributed by atoms with Gasteiger partial charge in [-0.1, -0.05) is 30.3 Å². The summed E-state index contributed by atoms with van der Waals surface area (Å²) in [6, 6.07) is 9.19. The molecular weight excluding hydrogens is 320 g/mol. The molecule has 134 valence electrons. The number of carboxylic acid groups (broad SMARTS) is 1. The van der Waals surface area contributed by atoms with Gasteiger partial charge in [-0.15, -0.1) is 0 Å². The Balaban J connectivity index is 1.88. The van der Waals surface area contributed by atoms with Gasteiger partial charge in [0.25, 0.3) is 0 Å². The van der Waals surface area contributed by atoms with Gasteiger partial charge in [-0.3, -0.25) is 4.68 Å². The van der Waals surface area contributed by atoms with Crippen LogP contribution in [-0.4, -0.2) is 45.4 Å². The van der Waals surface area contributed by atoms with E-state index < -0.39 is 18.0 Å². The molecule has 7 heteroatoms. The number of aliphatic carboxylic acids is 1. The van der Waals surface area contributed by atoms with Crippen LogP contribution in [0.1, 0.15) is 29.4 Å². The number of rotatable bonds is 7. The summed E-state index contributed by atoms with van der Waals surface area (Å²) in [5, 5.41) is 16.3. The number of carboxylic acids is 1. The van der Waals surface area contributed by atoms with Gasteiger partial charge < -0.3 is 15.3 Å². The van der Waals surface area contributed by atoms with Gasteiger partial charge in [0.1, 0.15) is 0 Å². The lowest BCUT2D eigenvalue weighted by Gasteiger charge is -2.21. The van der Waals surface area contributed by atoms with Crippen molar-refractivity contribution in [3.63, 3.8) is 0 Å². The molecular formula is C18H24N4O3. The average Bonchev–Trinajstić information content (AvgIpc) is 2.90. The first-order chi connectivity index (χ1) is 11.9. The highest BCUT2D eigenvalue weighted by Crippen LogP contribution is 2.13. The molecule has 0 fully saturated rings. The van der Waals surface area contributed by atoms with Crippen molar-refractivity contribution >= 4 is 12.0 Å². The first-order valence-corrected chi connectivity index (χ1v) is 8.19. The highest BCUT2D eigenvalue weighted by atomic mass is 16.4. The van der Waals surface area contributed by atoms with Crippen molar-refractivity contribution in [2.45, 2.75) is 32.9 Å². The highest BCUT2D eigenvalue weighted by Gasteiger charge is 2.23. The minimum atomic E-state index is -1.09. The van der Waals surface area contributed by atoms with Crippen molar-refractivity contribution in [3.8, 4) is 0 Å². The van der Waals surface area contributed by atoms with E-state index in [-0.39, 0.29) is 0 Å². The normalized spacial score (nSPS) is 11.8. The molecule has 2 rings (SSSR count). The standard InChI is InChI=1S/C18H24N4O3/c1-13-12-14(2)22(20-13)11-7-10-21(3)18(25)19-16(17(23)24)15-8-5-4-6-9-15/h4-6,8-9,12,16H,7,10-11H2,1-3H3,(H,19,25)(H,23,24)/t16-/m0/s1. The summed E-state index contributed by atoms with van der Waals surface area (Å²) < 4.78 is 1.91. The van der Waals surface area contributed by atoms with Crippen LogP contribution in [0.5, 0.6) is 0 Å². The Kier molecular flexibility index (Phi) is 6.16. The van der Waals surface area contributed by atoms with Crippen LogP contribution >= 0.6 is 0 Å². The minimum Gasteiger partial charge on any atom is -0.479 e. The van der Waals surface area contributed by atoms with E-state index in [1.807, 2.05) is 24.6 Å². The van der Waals surface area contributed by atoms with Crippen LogP contribution in [-0.2, 0) is 11.3 Å². The predicted octanol–water partition coefficient (Wildman–Crippen LogP) is 2.36. The fourth-order valence-corrected chi connectivity index (χ4v) is 2.63. The number of hydrogen-bond donors (Lipinski definition) is 2. The first-order valence-electron chi connectivity index (χ1n) is 8.19. The van der Waals surface area contributed by atoms with E-state index in [1.165, 1.54) is 4.90 Å². The maximum absolute atomic E-state index is 12.3. The number of nitrogens with zero attached hydrogens (tertiary/aromatic N) is 3. The number of urea groups is 1. The van der Waals surface area contributed by atoms with Gasteiger partial charge in [-0.2, -0.15) is 5.10 Å². The number of aromatic nitrogens is 2. The summed E-state index contributed by atoms with van der Waals surface area (Å²) in [4.78, 5) is 25.2. The summed E-state index contributed by atoms with van der Waals surface area (Å²) >= 11 is 0. The Hall–Kier alpha value is -2.83. The van der Waals surface area contributed by atoms with E-state index in [0.717, 1.165) is 17.8 Å². The molecule has 2 amide bonds. The number of carbonyl (C=O) groups is 2. The van der Waals surface area contributed by atoms with Crippen LogP contribution in [0, 0.1) is 13.8 Å². The topological polar surface area (TPSA) is 87.5 Å². The van der Waals surface area contributed by atoms with Gasteiger partial charge >= 0.3 is 12.0 Å². The Morgan fingerprint density at radius 2 is 1.96 bits per heavy atom. The van der Waals surface area contributed by atoms with Crippen molar-refractivity contribution in [2.24, 2.45) is 0 Å². The molecule has 1 aromatic heterocycles. The maximum atomic E-state index is 12.3. The zero-order chi connectivity index (χ0) is 18.4. The lowest BCUT2D eigenvalue weighted by molar-refractivity contribution is -0.139. The molecule has 25 heavy (non-hydrogen) atoms. The molecule has 2 N–H and O–H groups in total. The third kappa shape index (κ3) is 5.07. The van der Waals surface area contributed by atoms with E-state index in [2.05, 4.69) is 10.4 Å². The fraction of sp³-hybridized carbons (Fsp3) is 0.389. The summed E-state index contributed by atoms with van der Waals surface area (Å²) in [7, 11) is 1.65. The molecule has 1 aromatic carbocycles. The molecule has 0 bridgehead atoms. The van der Waals surface area contributed by atoms with E-state index in [0.29, 0.717) is 18.7 Å². The van der Waals surface area contributed by atoms with Gasteiger partial charge in [-0.05, 0) is 31.9 Å². The molecule has 0 radical (unpaired) electrons. The SMILES string of the molecule is Cc1cc(C)n(CCCN(C)C(=O)N[C@H](C(=O)O)c2ccccc2)n1. The highest BCUT2D eigenvalue weighted by molar-refractivity contribution is 5.83. The minimum absolute atomic E-state index is 0.412. The monoisotopic (exact) mass is 344 g/mol. The Morgan fingerprint density at radius 1 is 1.28 bits per heavy atom. The van der Waals surface area contributed by atoms with E-state index in [9.17, 15) is 14.7 Å². The molecule has 0 unspecified atom stereocenters. The van der Waals surface area contributed by atoms with E-state index >= 15 is 0 Å². The first kappa shape index (κ1) is 18.5. The summed E-state index contributed by atoms with van der Waals surface area (Å²) in [6.45, 7) is 5.15. The molecule has 0 saturated heterocycles. The van der Waals surface area contributed by atoms with Gasteiger partial charge in [0, 0.05) is 25.8 Å². The Labute approximate surface area is 147 Å². The molecule has 1 atom stereocenters. The largest absolute Gasteiger partial charge is 0.479 e. The van der Waals surface area contributed by atoms with Crippen LogP contribution in [0.2, 0.25) is 0 Å². The number of benzene rings is 1. The molecule has 2 aromatic rings. The number of hydrogen-bond acceptors (Lipinski definition) is 3. The van der Waals surface area contributed by atoms with Crippen molar-refractivity contribution in [1.29, 1.82) is 0 Å². The fourth-order valence-electron chi connectivity index (χ4n) is 2.63. The van der Waals surface area contributed by atoms with Gasteiger partial charge in [0.05, 0.1) is 5.69 Å². The van der Waals surface area contributed by atoms with E-state index in [1.54, 1.807) is 37.4 Å². The lowest BCUT2D eigenvalue weighted by Crippen LogP contribution is -2.42. The molecule has 0 aliphatic rings. The second-order valence-corrected chi connectivity index (χ2v) is 6.06. The van der Waals surface area contributed by atoms with Gasteiger partial charge in [0.15, 0.2) is 6.04 Å². The lowest BCUT2D eigenvalue weighted by atomic mass is 10.1. The predicted molar refractivity (Wildman–Crippen MR) is 94.3 cm³/mol. The molecule has 0 spiro atoms.